The summed E-state index contributed by atoms with van der Waals surface area (Å²) in [5.41, 5.74) is 0.639. The van der Waals surface area contributed by atoms with Gasteiger partial charge in [0.2, 0.25) is 0 Å². The minimum atomic E-state index is -0.123. The lowest BCUT2D eigenvalue weighted by Crippen LogP contribution is -2.48. The zero-order chi connectivity index (χ0) is 12.3. The number of morpholine rings is 1. The van der Waals surface area contributed by atoms with Crippen molar-refractivity contribution in [1.82, 2.24) is 4.98 Å². The second-order valence-corrected chi connectivity index (χ2v) is 4.30. The molecule has 2 rings (SSSR count). The molecule has 5 nitrogen and oxygen atoms in total. The number of anilines is 1. The van der Waals surface area contributed by atoms with Gasteiger partial charge >= 0.3 is 0 Å². The summed E-state index contributed by atoms with van der Waals surface area (Å²) in [7, 11) is 0. The lowest BCUT2D eigenvalue weighted by Gasteiger charge is -2.35. The van der Waals surface area contributed by atoms with Crippen LogP contribution in [0.2, 0.25) is 5.02 Å². The Morgan fingerprint density at radius 2 is 2.35 bits per heavy atom. The predicted octanol–water partition coefficient (Wildman–Crippen LogP) is 0.425. The van der Waals surface area contributed by atoms with E-state index in [0.29, 0.717) is 36.2 Å². The molecule has 0 amide bonds. The van der Waals surface area contributed by atoms with Gasteiger partial charge in [0.05, 0.1) is 37.5 Å². The van der Waals surface area contributed by atoms with Gasteiger partial charge in [0, 0.05) is 18.3 Å². The Morgan fingerprint density at radius 1 is 1.53 bits per heavy atom. The van der Waals surface area contributed by atoms with E-state index in [2.05, 4.69) is 4.98 Å². The van der Waals surface area contributed by atoms with E-state index in [1.807, 2.05) is 4.90 Å². The van der Waals surface area contributed by atoms with Crippen LogP contribution in [-0.2, 0) is 11.3 Å². The first-order valence-electron chi connectivity index (χ1n) is 5.46. The zero-order valence-corrected chi connectivity index (χ0v) is 10.1. The van der Waals surface area contributed by atoms with Gasteiger partial charge in [-0.05, 0) is 6.07 Å². The molecule has 0 radical (unpaired) electrons. The molecule has 0 bridgehead atoms. The molecule has 0 aromatic carbocycles. The zero-order valence-electron chi connectivity index (χ0n) is 9.34. The second kappa shape index (κ2) is 5.64. The molecule has 1 aromatic heterocycles. The van der Waals surface area contributed by atoms with Crippen LogP contribution in [0.1, 0.15) is 5.56 Å². The largest absolute Gasteiger partial charge is 0.394 e. The van der Waals surface area contributed by atoms with Gasteiger partial charge in [0.1, 0.15) is 5.82 Å². The van der Waals surface area contributed by atoms with Gasteiger partial charge in [-0.2, -0.15) is 0 Å². The van der Waals surface area contributed by atoms with Gasteiger partial charge in [-0.1, -0.05) is 11.6 Å². The van der Waals surface area contributed by atoms with E-state index in [1.54, 1.807) is 6.07 Å². The van der Waals surface area contributed by atoms with Crippen LogP contribution < -0.4 is 4.90 Å². The molecule has 1 aliphatic heterocycles. The standard InChI is InChI=1S/C11H15ClN2O3/c12-10-4-13-11(3-8(10)5-15)14-1-2-17-7-9(14)6-16/h3-4,9,15-16H,1-2,5-7H2. The minimum absolute atomic E-state index is 0.0127. The van der Waals surface area contributed by atoms with Crippen LogP contribution in [0.15, 0.2) is 12.3 Å². The van der Waals surface area contributed by atoms with Gasteiger partial charge in [-0.15, -0.1) is 0 Å². The lowest BCUT2D eigenvalue weighted by molar-refractivity contribution is 0.0723. The highest BCUT2D eigenvalue weighted by molar-refractivity contribution is 6.31. The molecule has 6 heteroatoms. The topological polar surface area (TPSA) is 65.8 Å². The highest BCUT2D eigenvalue weighted by Gasteiger charge is 2.23. The van der Waals surface area contributed by atoms with E-state index in [0.717, 1.165) is 0 Å². The van der Waals surface area contributed by atoms with E-state index < -0.39 is 0 Å². The minimum Gasteiger partial charge on any atom is -0.394 e. The summed E-state index contributed by atoms with van der Waals surface area (Å²) < 4.78 is 5.30. The Morgan fingerprint density at radius 3 is 3.06 bits per heavy atom. The van der Waals surface area contributed by atoms with Crippen LogP contribution in [0.5, 0.6) is 0 Å². The number of aromatic nitrogens is 1. The lowest BCUT2D eigenvalue weighted by atomic mass is 10.2. The maximum absolute atomic E-state index is 9.28. The Kier molecular flexibility index (Phi) is 4.17. The first-order valence-corrected chi connectivity index (χ1v) is 5.84. The van der Waals surface area contributed by atoms with Crippen molar-refractivity contribution < 1.29 is 14.9 Å². The molecular formula is C11H15ClN2O3. The van der Waals surface area contributed by atoms with E-state index in [9.17, 15) is 5.11 Å². The summed E-state index contributed by atoms with van der Waals surface area (Å²) in [5, 5.41) is 18.9. The number of aliphatic hydroxyl groups excluding tert-OH is 2. The summed E-state index contributed by atoms with van der Waals surface area (Å²) in [6.45, 7) is 1.65. The van der Waals surface area contributed by atoms with Crippen molar-refractivity contribution in [2.75, 3.05) is 31.3 Å². The quantitative estimate of drug-likeness (QED) is 0.823. The van der Waals surface area contributed by atoms with Gasteiger partial charge < -0.3 is 19.8 Å². The Hall–Kier alpha value is -0.880. The van der Waals surface area contributed by atoms with Gasteiger partial charge in [0.25, 0.3) is 0 Å². The number of hydrogen-bond donors (Lipinski definition) is 2. The fourth-order valence-corrected chi connectivity index (χ4v) is 2.02. The van der Waals surface area contributed by atoms with Gasteiger partial charge in [-0.3, -0.25) is 0 Å². The van der Waals surface area contributed by atoms with E-state index in [4.69, 9.17) is 21.4 Å². The normalized spacial score (nSPS) is 20.6. The summed E-state index contributed by atoms with van der Waals surface area (Å²) in [6.07, 6.45) is 1.52. The molecule has 1 aliphatic rings. The van der Waals surface area contributed by atoms with E-state index in [-0.39, 0.29) is 19.3 Å². The molecule has 2 N–H and O–H groups in total. The number of aliphatic hydroxyl groups is 2. The molecule has 0 saturated carbocycles. The SMILES string of the molecule is OCc1cc(N2CCOCC2CO)ncc1Cl. The van der Waals surface area contributed by atoms with E-state index in [1.165, 1.54) is 6.20 Å². The molecule has 1 saturated heterocycles. The number of rotatable bonds is 3. The van der Waals surface area contributed by atoms with Crippen LogP contribution in [-0.4, -0.2) is 47.6 Å². The maximum atomic E-state index is 9.28. The molecule has 0 spiro atoms. The number of ether oxygens (including phenoxy) is 1. The summed E-state index contributed by atoms with van der Waals surface area (Å²) >= 11 is 5.89. The first-order chi connectivity index (χ1) is 8.26. The van der Waals surface area contributed by atoms with Gasteiger partial charge in [-0.25, -0.2) is 4.98 Å². The summed E-state index contributed by atoms with van der Waals surface area (Å²) in [4.78, 5) is 6.20. The molecule has 0 aliphatic carbocycles. The van der Waals surface area contributed by atoms with Crippen LogP contribution in [0, 0.1) is 0 Å². The number of pyridine rings is 1. The molecule has 1 atom stereocenters. The van der Waals surface area contributed by atoms with Crippen molar-refractivity contribution in [1.29, 1.82) is 0 Å². The molecule has 1 fully saturated rings. The van der Waals surface area contributed by atoms with Crippen molar-refractivity contribution in [3.8, 4) is 0 Å². The Bertz CT molecular complexity index is 389. The average Bonchev–Trinajstić information content (AvgIpc) is 2.39. The molecule has 1 aromatic rings. The Labute approximate surface area is 105 Å². The highest BCUT2D eigenvalue weighted by atomic mass is 35.5. The predicted molar refractivity (Wildman–Crippen MR) is 64.2 cm³/mol. The van der Waals surface area contributed by atoms with Crippen LogP contribution in [0.3, 0.4) is 0 Å². The average molecular weight is 259 g/mol. The fourth-order valence-electron chi connectivity index (χ4n) is 1.85. The molecule has 17 heavy (non-hydrogen) atoms. The Balaban J connectivity index is 2.25. The molecule has 94 valence electrons. The monoisotopic (exact) mass is 258 g/mol. The van der Waals surface area contributed by atoms with Crippen molar-refractivity contribution in [2.45, 2.75) is 12.6 Å². The number of halogens is 1. The number of hydrogen-bond acceptors (Lipinski definition) is 5. The van der Waals surface area contributed by atoms with Gasteiger partial charge in [0.15, 0.2) is 0 Å². The van der Waals surface area contributed by atoms with Crippen molar-refractivity contribution in [3.05, 3.63) is 22.8 Å². The molecule has 2 heterocycles. The van der Waals surface area contributed by atoms with Crippen molar-refractivity contribution in [3.63, 3.8) is 0 Å². The highest BCUT2D eigenvalue weighted by Crippen LogP contribution is 2.23. The number of nitrogens with zero attached hydrogens (tertiary/aromatic N) is 2. The van der Waals surface area contributed by atoms with Crippen LogP contribution in [0.25, 0.3) is 0 Å². The second-order valence-electron chi connectivity index (χ2n) is 3.90. The first kappa shape index (κ1) is 12.6. The van der Waals surface area contributed by atoms with E-state index >= 15 is 0 Å². The van der Waals surface area contributed by atoms with Crippen LogP contribution in [0.4, 0.5) is 5.82 Å². The fraction of sp³-hybridized carbons (Fsp3) is 0.545. The summed E-state index contributed by atoms with van der Waals surface area (Å²) in [6, 6.07) is 1.65. The smallest absolute Gasteiger partial charge is 0.129 e. The summed E-state index contributed by atoms with van der Waals surface area (Å²) in [5.74, 6) is 0.709. The molecular weight excluding hydrogens is 244 g/mol. The molecule has 1 unspecified atom stereocenters. The van der Waals surface area contributed by atoms with Crippen molar-refractivity contribution in [2.24, 2.45) is 0 Å². The third-order valence-electron chi connectivity index (χ3n) is 2.82. The van der Waals surface area contributed by atoms with Crippen molar-refractivity contribution >= 4 is 17.4 Å². The third kappa shape index (κ3) is 2.69. The van der Waals surface area contributed by atoms with Crippen LogP contribution >= 0.6 is 11.6 Å². The third-order valence-corrected chi connectivity index (χ3v) is 3.16. The maximum Gasteiger partial charge on any atom is 0.129 e.